The van der Waals surface area contributed by atoms with Crippen LogP contribution in [0.5, 0.6) is 0 Å². The van der Waals surface area contributed by atoms with E-state index in [1.165, 1.54) is 16.9 Å². The summed E-state index contributed by atoms with van der Waals surface area (Å²) in [4.78, 5) is 11.7. The molecule has 7 nitrogen and oxygen atoms in total. The van der Waals surface area contributed by atoms with E-state index in [2.05, 4.69) is 27.5 Å². The summed E-state index contributed by atoms with van der Waals surface area (Å²) in [5, 5.41) is 6.98. The van der Waals surface area contributed by atoms with Crippen LogP contribution in [-0.4, -0.2) is 39.7 Å². The van der Waals surface area contributed by atoms with Crippen LogP contribution in [0.25, 0.3) is 10.1 Å². The van der Waals surface area contributed by atoms with Crippen molar-refractivity contribution in [3.05, 3.63) is 65.7 Å². The van der Waals surface area contributed by atoms with Crippen molar-refractivity contribution in [2.24, 2.45) is 0 Å². The van der Waals surface area contributed by atoms with Crippen LogP contribution in [0.15, 0.2) is 58.8 Å². The number of amides is 1. The first kappa shape index (κ1) is 26.2. The van der Waals surface area contributed by atoms with Gasteiger partial charge in [-0.15, -0.1) is 11.3 Å². The van der Waals surface area contributed by atoms with Crippen molar-refractivity contribution >= 4 is 37.5 Å². The molecule has 0 spiro atoms. The number of alkyl carbamates (subject to hydrolysis) is 1. The molecular weight excluding hydrogens is 470 g/mol. The van der Waals surface area contributed by atoms with Gasteiger partial charge in [0.15, 0.2) is 0 Å². The molecule has 0 bridgehead atoms. The molecule has 3 N–H and O–H groups in total. The molecule has 0 unspecified atom stereocenters. The second-order valence-electron chi connectivity index (χ2n) is 9.03. The van der Waals surface area contributed by atoms with Crippen molar-refractivity contribution in [2.45, 2.75) is 50.0 Å². The number of hydrogen-bond acceptors (Lipinski definition) is 6. The molecule has 3 rings (SSSR count). The fourth-order valence-corrected chi connectivity index (χ4v) is 5.76. The lowest BCUT2D eigenvalue weighted by molar-refractivity contribution is 0.0523. The summed E-state index contributed by atoms with van der Waals surface area (Å²) in [7, 11) is -3.49. The third kappa shape index (κ3) is 8.39. The topological polar surface area (TPSA) is 96.5 Å². The van der Waals surface area contributed by atoms with Crippen molar-refractivity contribution in [1.29, 1.82) is 0 Å². The van der Waals surface area contributed by atoms with Gasteiger partial charge in [0.1, 0.15) is 9.81 Å². The number of carbonyl (C=O) groups excluding carboxylic acids is 1. The third-order valence-corrected chi connectivity index (χ3v) is 7.99. The van der Waals surface area contributed by atoms with Crippen LogP contribution in [0.1, 0.15) is 38.3 Å². The van der Waals surface area contributed by atoms with E-state index in [9.17, 15) is 13.2 Å². The van der Waals surface area contributed by atoms with Crippen molar-refractivity contribution in [1.82, 2.24) is 15.4 Å². The average Bonchev–Trinajstić information content (AvgIpc) is 3.22. The number of rotatable bonds is 11. The summed E-state index contributed by atoms with van der Waals surface area (Å²) in [6.45, 7) is 7.64. The lowest BCUT2D eigenvalue weighted by atomic mass is 10.1. The molecule has 1 amide bonds. The molecule has 1 heterocycles. The highest BCUT2D eigenvalue weighted by Crippen LogP contribution is 2.28. The van der Waals surface area contributed by atoms with E-state index < -0.39 is 21.7 Å². The molecule has 0 atom stereocenters. The Hall–Kier alpha value is -2.46. The van der Waals surface area contributed by atoms with Crippen LogP contribution in [0, 0.1) is 0 Å². The number of sulfonamides is 1. The number of aryl methyl sites for hydroxylation is 1. The minimum absolute atomic E-state index is 0.343. The Morgan fingerprint density at radius 3 is 2.38 bits per heavy atom. The Bertz CT molecular complexity index is 1150. The van der Waals surface area contributed by atoms with Gasteiger partial charge in [0.2, 0.25) is 10.0 Å². The summed E-state index contributed by atoms with van der Waals surface area (Å²) >= 11 is 1.28. The van der Waals surface area contributed by atoms with E-state index >= 15 is 0 Å². The van der Waals surface area contributed by atoms with Gasteiger partial charge in [-0.25, -0.2) is 17.9 Å². The van der Waals surface area contributed by atoms with Gasteiger partial charge in [0.25, 0.3) is 0 Å². The number of nitrogens with one attached hydrogen (secondary N) is 3. The van der Waals surface area contributed by atoms with Crippen molar-refractivity contribution in [3.63, 3.8) is 0 Å². The Labute approximate surface area is 206 Å². The molecule has 184 valence electrons. The van der Waals surface area contributed by atoms with Gasteiger partial charge in [-0.3, -0.25) is 0 Å². The van der Waals surface area contributed by atoms with E-state index in [0.29, 0.717) is 23.8 Å². The minimum Gasteiger partial charge on any atom is -0.444 e. The van der Waals surface area contributed by atoms with E-state index in [4.69, 9.17) is 4.74 Å². The van der Waals surface area contributed by atoms with Gasteiger partial charge in [0.05, 0.1) is 0 Å². The standard InChI is InChI=1S/C25H33N3O4S2/c1-25(2,3)32-24(29)27-18-20-12-10-19(11-13-20)7-6-14-26-15-16-28-34(30,31)23-17-21-8-4-5-9-22(21)33-23/h4-5,8-13,17,26,28H,6-7,14-16,18H2,1-3H3,(H,27,29). The van der Waals surface area contributed by atoms with Crippen molar-refractivity contribution < 1.29 is 17.9 Å². The molecule has 0 aliphatic rings. The van der Waals surface area contributed by atoms with Gasteiger partial charge in [-0.1, -0.05) is 42.5 Å². The smallest absolute Gasteiger partial charge is 0.407 e. The Kier molecular flexibility index (Phi) is 9.07. The average molecular weight is 504 g/mol. The second kappa shape index (κ2) is 11.8. The summed E-state index contributed by atoms with van der Waals surface area (Å²) in [5.74, 6) is 0. The van der Waals surface area contributed by atoms with Crippen LogP contribution in [-0.2, 0) is 27.7 Å². The predicted octanol–water partition coefficient (Wildman–Crippen LogP) is 4.43. The molecule has 2 aromatic carbocycles. The highest BCUT2D eigenvalue weighted by atomic mass is 32.2. The Morgan fingerprint density at radius 2 is 1.68 bits per heavy atom. The zero-order chi connectivity index (χ0) is 24.6. The summed E-state index contributed by atoms with van der Waals surface area (Å²) < 4.78 is 34.2. The molecule has 9 heteroatoms. The molecule has 0 aliphatic carbocycles. The Morgan fingerprint density at radius 1 is 0.971 bits per heavy atom. The summed E-state index contributed by atoms with van der Waals surface area (Å²) in [6, 6.07) is 17.5. The number of thiophene rings is 1. The zero-order valence-electron chi connectivity index (χ0n) is 19.9. The summed E-state index contributed by atoms with van der Waals surface area (Å²) in [5.41, 5.74) is 1.72. The number of fused-ring (bicyclic) bond motifs is 1. The minimum atomic E-state index is -3.49. The fourth-order valence-electron chi connectivity index (χ4n) is 3.29. The first-order valence-electron chi connectivity index (χ1n) is 11.4. The van der Waals surface area contributed by atoms with Gasteiger partial charge in [-0.05, 0) is 68.8 Å². The number of ether oxygens (including phenoxy) is 1. The second-order valence-corrected chi connectivity index (χ2v) is 12.1. The maximum absolute atomic E-state index is 12.5. The van der Waals surface area contributed by atoms with Crippen LogP contribution >= 0.6 is 11.3 Å². The van der Waals surface area contributed by atoms with E-state index in [-0.39, 0.29) is 0 Å². The third-order valence-electron chi connectivity index (χ3n) is 4.94. The maximum atomic E-state index is 12.5. The number of carbonyl (C=O) groups is 1. The van der Waals surface area contributed by atoms with Crippen molar-refractivity contribution in [2.75, 3.05) is 19.6 Å². The molecule has 0 saturated carbocycles. The highest BCUT2D eigenvalue weighted by Gasteiger charge is 2.17. The normalized spacial score (nSPS) is 12.1. The van der Waals surface area contributed by atoms with Gasteiger partial charge >= 0.3 is 6.09 Å². The van der Waals surface area contributed by atoms with Crippen LogP contribution in [0.3, 0.4) is 0 Å². The molecular formula is C25H33N3O4S2. The fraction of sp³-hybridized carbons (Fsp3) is 0.400. The molecule has 0 radical (unpaired) electrons. The highest BCUT2D eigenvalue weighted by molar-refractivity contribution is 7.91. The molecule has 0 saturated heterocycles. The lowest BCUT2D eigenvalue weighted by Crippen LogP contribution is -2.32. The van der Waals surface area contributed by atoms with Crippen LogP contribution in [0.2, 0.25) is 0 Å². The number of benzene rings is 2. The van der Waals surface area contributed by atoms with Crippen LogP contribution < -0.4 is 15.4 Å². The van der Waals surface area contributed by atoms with E-state index in [1.54, 1.807) is 6.07 Å². The van der Waals surface area contributed by atoms with Gasteiger partial charge < -0.3 is 15.4 Å². The first-order valence-corrected chi connectivity index (χ1v) is 13.7. The largest absolute Gasteiger partial charge is 0.444 e. The molecule has 34 heavy (non-hydrogen) atoms. The number of hydrogen-bond donors (Lipinski definition) is 3. The molecule has 0 fully saturated rings. The monoisotopic (exact) mass is 503 g/mol. The molecule has 3 aromatic rings. The Balaban J connectivity index is 1.30. The predicted molar refractivity (Wildman–Crippen MR) is 138 cm³/mol. The summed E-state index contributed by atoms with van der Waals surface area (Å²) in [6.07, 6.45) is 1.44. The van der Waals surface area contributed by atoms with Gasteiger partial charge in [0, 0.05) is 24.3 Å². The van der Waals surface area contributed by atoms with Crippen LogP contribution in [0.4, 0.5) is 4.79 Å². The zero-order valence-corrected chi connectivity index (χ0v) is 21.5. The van der Waals surface area contributed by atoms with Crippen molar-refractivity contribution in [3.8, 4) is 0 Å². The first-order chi connectivity index (χ1) is 16.1. The van der Waals surface area contributed by atoms with E-state index in [1.807, 2.05) is 57.2 Å². The maximum Gasteiger partial charge on any atom is 0.407 e. The SMILES string of the molecule is CC(C)(C)OC(=O)NCc1ccc(CCCNCCNS(=O)(=O)c2cc3ccccc3s2)cc1. The van der Waals surface area contributed by atoms with Gasteiger partial charge in [-0.2, -0.15) is 0 Å². The lowest BCUT2D eigenvalue weighted by Gasteiger charge is -2.19. The van der Waals surface area contributed by atoms with E-state index in [0.717, 1.165) is 35.0 Å². The molecule has 1 aromatic heterocycles. The quantitative estimate of drug-likeness (QED) is 0.337. The molecule has 0 aliphatic heterocycles.